The van der Waals surface area contributed by atoms with Gasteiger partial charge >= 0.3 is 6.03 Å². The summed E-state index contributed by atoms with van der Waals surface area (Å²) in [6, 6.07) is 17.3. The third kappa shape index (κ3) is 8.87. The van der Waals surface area contributed by atoms with E-state index in [-0.39, 0.29) is 11.4 Å². The molecule has 0 atom stereocenters. The van der Waals surface area contributed by atoms with Crippen LogP contribution in [0.15, 0.2) is 59.1 Å². The summed E-state index contributed by atoms with van der Waals surface area (Å²) in [5, 5.41) is 9.38. The van der Waals surface area contributed by atoms with Gasteiger partial charge in [0.15, 0.2) is 5.82 Å². The highest BCUT2D eigenvalue weighted by Gasteiger charge is 2.21. The minimum Gasteiger partial charge on any atom is -0.494 e. The van der Waals surface area contributed by atoms with Crippen LogP contribution < -0.4 is 15.4 Å². The van der Waals surface area contributed by atoms with Crippen molar-refractivity contribution >= 4 is 17.5 Å². The molecule has 2 heterocycles. The molecule has 0 saturated carbocycles. The van der Waals surface area contributed by atoms with Crippen LogP contribution in [0.5, 0.6) is 5.75 Å². The Morgan fingerprint density at radius 2 is 1.65 bits per heavy atom. The van der Waals surface area contributed by atoms with Crippen molar-refractivity contribution in [2.75, 3.05) is 51.0 Å². The number of hydrogen-bond donors (Lipinski definition) is 2. The number of carbonyl (C=O) groups excluding carboxylic acids is 1. The van der Waals surface area contributed by atoms with Gasteiger partial charge in [0.2, 0.25) is 0 Å². The summed E-state index contributed by atoms with van der Waals surface area (Å²) in [5.41, 5.74) is 2.24. The van der Waals surface area contributed by atoms with Crippen molar-refractivity contribution in [1.82, 2.24) is 15.0 Å². The van der Waals surface area contributed by atoms with Crippen LogP contribution in [-0.4, -0.2) is 67.4 Å². The number of piperidine rings is 1. The van der Waals surface area contributed by atoms with E-state index in [4.69, 9.17) is 9.26 Å². The van der Waals surface area contributed by atoms with Crippen LogP contribution in [-0.2, 0) is 5.41 Å². The van der Waals surface area contributed by atoms with Gasteiger partial charge in [0.25, 0.3) is 0 Å². The van der Waals surface area contributed by atoms with Gasteiger partial charge in [-0.05, 0) is 95.0 Å². The molecule has 8 nitrogen and oxygen atoms in total. The Bertz CT molecular complexity index is 1290. The van der Waals surface area contributed by atoms with E-state index in [2.05, 4.69) is 51.5 Å². The van der Waals surface area contributed by atoms with Crippen molar-refractivity contribution in [3.05, 3.63) is 71.5 Å². The van der Waals surface area contributed by atoms with Gasteiger partial charge in [-0.2, -0.15) is 0 Å². The standard InChI is InChI=1S/C32H41N5O3/c1-32(2,3)29-23-30(35-40-29)34-31(38)33-26-13-9-24(10-14-26)7-8-25-11-15-28(16-12-25)39-22-6-19-37-20-17-27(18-21-37)36(4)5/h9-16,23,27H,6,17-22H2,1-5H3,(H2,33,34,35,38). The van der Waals surface area contributed by atoms with E-state index in [9.17, 15) is 4.79 Å². The molecule has 0 unspecified atom stereocenters. The molecule has 2 amide bonds. The number of urea groups is 1. The molecule has 212 valence electrons. The van der Waals surface area contributed by atoms with Crippen LogP contribution in [0.4, 0.5) is 16.3 Å². The van der Waals surface area contributed by atoms with Gasteiger partial charge in [0.1, 0.15) is 11.5 Å². The van der Waals surface area contributed by atoms with Crippen LogP contribution in [0.1, 0.15) is 56.9 Å². The quantitative estimate of drug-likeness (QED) is 0.276. The van der Waals surface area contributed by atoms with E-state index in [0.717, 1.165) is 35.9 Å². The van der Waals surface area contributed by atoms with Crippen molar-refractivity contribution in [3.63, 3.8) is 0 Å². The fourth-order valence-electron chi connectivity index (χ4n) is 4.52. The molecule has 1 aromatic heterocycles. The second kappa shape index (κ2) is 13.5. The molecule has 0 spiro atoms. The SMILES string of the molecule is CN(C)C1CCN(CCCOc2ccc(C#Cc3ccc(NC(=O)Nc4cc(C(C)(C)C)on4)cc3)cc2)CC1. The first-order chi connectivity index (χ1) is 19.2. The lowest BCUT2D eigenvalue weighted by Gasteiger charge is -2.35. The smallest absolute Gasteiger partial charge is 0.324 e. The van der Waals surface area contributed by atoms with E-state index >= 15 is 0 Å². The Morgan fingerprint density at radius 1 is 1.02 bits per heavy atom. The van der Waals surface area contributed by atoms with E-state index in [1.54, 1.807) is 6.07 Å². The first kappa shape index (κ1) is 29.2. The maximum Gasteiger partial charge on any atom is 0.324 e. The van der Waals surface area contributed by atoms with Crippen LogP contribution >= 0.6 is 0 Å². The summed E-state index contributed by atoms with van der Waals surface area (Å²) in [6.45, 7) is 10.2. The third-order valence-electron chi connectivity index (χ3n) is 7.01. The minimum absolute atomic E-state index is 0.181. The van der Waals surface area contributed by atoms with Crippen molar-refractivity contribution in [3.8, 4) is 17.6 Å². The molecule has 2 aromatic carbocycles. The highest BCUT2D eigenvalue weighted by atomic mass is 16.5. The molecule has 0 bridgehead atoms. The van der Waals surface area contributed by atoms with Gasteiger partial charge in [0.05, 0.1) is 6.61 Å². The van der Waals surface area contributed by atoms with Crippen LogP contribution in [0.3, 0.4) is 0 Å². The summed E-state index contributed by atoms with van der Waals surface area (Å²) >= 11 is 0. The molecule has 2 N–H and O–H groups in total. The van der Waals surface area contributed by atoms with E-state index in [0.29, 0.717) is 23.9 Å². The number of nitrogens with one attached hydrogen (secondary N) is 2. The molecule has 4 rings (SSSR count). The van der Waals surface area contributed by atoms with Gasteiger partial charge in [-0.3, -0.25) is 5.32 Å². The van der Waals surface area contributed by atoms with Gasteiger partial charge in [-0.25, -0.2) is 4.79 Å². The van der Waals surface area contributed by atoms with Crippen molar-refractivity contribution in [2.24, 2.45) is 0 Å². The number of likely N-dealkylation sites (tertiary alicyclic amines) is 1. The van der Waals surface area contributed by atoms with Gasteiger partial charge < -0.3 is 24.4 Å². The Hall–Kier alpha value is -3.80. The number of anilines is 2. The number of nitrogens with zero attached hydrogens (tertiary/aromatic N) is 3. The van der Waals surface area contributed by atoms with E-state index in [1.165, 1.54) is 25.9 Å². The maximum absolute atomic E-state index is 12.3. The molecular formula is C32H41N5O3. The van der Waals surface area contributed by atoms with Gasteiger partial charge in [0, 0.05) is 40.9 Å². The van der Waals surface area contributed by atoms with Crippen LogP contribution in [0.25, 0.3) is 0 Å². The number of hydrogen-bond acceptors (Lipinski definition) is 6. The molecule has 1 fully saturated rings. The highest BCUT2D eigenvalue weighted by molar-refractivity contribution is 5.99. The van der Waals surface area contributed by atoms with E-state index < -0.39 is 0 Å². The fraction of sp³-hybridized carbons (Fsp3) is 0.438. The largest absolute Gasteiger partial charge is 0.494 e. The number of rotatable bonds is 8. The summed E-state index contributed by atoms with van der Waals surface area (Å²) in [4.78, 5) is 17.2. The lowest BCUT2D eigenvalue weighted by atomic mass is 9.93. The number of benzene rings is 2. The Morgan fingerprint density at radius 3 is 2.23 bits per heavy atom. The molecule has 8 heteroatoms. The molecule has 3 aromatic rings. The molecule has 40 heavy (non-hydrogen) atoms. The first-order valence-corrected chi connectivity index (χ1v) is 13.9. The monoisotopic (exact) mass is 543 g/mol. The van der Waals surface area contributed by atoms with Crippen molar-refractivity contribution in [1.29, 1.82) is 0 Å². The van der Waals surface area contributed by atoms with Crippen molar-refractivity contribution in [2.45, 2.75) is 51.5 Å². The number of carbonyl (C=O) groups is 1. The molecule has 0 radical (unpaired) electrons. The Labute approximate surface area is 238 Å². The zero-order valence-corrected chi connectivity index (χ0v) is 24.3. The lowest BCUT2D eigenvalue weighted by molar-refractivity contribution is 0.138. The fourth-order valence-corrected chi connectivity index (χ4v) is 4.52. The average Bonchev–Trinajstić information content (AvgIpc) is 3.41. The summed E-state index contributed by atoms with van der Waals surface area (Å²) in [5.74, 6) is 8.29. The second-order valence-electron chi connectivity index (χ2n) is 11.5. The number of amides is 2. The Kier molecular flexibility index (Phi) is 9.86. The second-order valence-corrected chi connectivity index (χ2v) is 11.5. The van der Waals surface area contributed by atoms with E-state index in [1.807, 2.05) is 69.3 Å². The number of ether oxygens (including phenoxy) is 1. The Balaban J connectivity index is 1.18. The number of aromatic nitrogens is 1. The van der Waals surface area contributed by atoms with Crippen molar-refractivity contribution < 1.29 is 14.1 Å². The molecule has 1 saturated heterocycles. The topological polar surface area (TPSA) is 82.9 Å². The first-order valence-electron chi connectivity index (χ1n) is 13.9. The summed E-state index contributed by atoms with van der Waals surface area (Å²) in [6.07, 6.45) is 3.52. The average molecular weight is 544 g/mol. The minimum atomic E-state index is -0.389. The van der Waals surface area contributed by atoms with Crippen LogP contribution in [0, 0.1) is 11.8 Å². The summed E-state index contributed by atoms with van der Waals surface area (Å²) in [7, 11) is 4.35. The molecular weight excluding hydrogens is 502 g/mol. The third-order valence-corrected chi connectivity index (χ3v) is 7.01. The highest BCUT2D eigenvalue weighted by Crippen LogP contribution is 2.24. The zero-order valence-electron chi connectivity index (χ0n) is 24.3. The zero-order chi connectivity index (χ0) is 28.5. The predicted molar refractivity (Wildman–Crippen MR) is 160 cm³/mol. The van der Waals surface area contributed by atoms with Crippen LogP contribution in [0.2, 0.25) is 0 Å². The van der Waals surface area contributed by atoms with Gasteiger partial charge in [-0.1, -0.05) is 37.8 Å². The van der Waals surface area contributed by atoms with Gasteiger partial charge in [-0.15, -0.1) is 0 Å². The maximum atomic E-state index is 12.3. The lowest BCUT2D eigenvalue weighted by Crippen LogP contribution is -2.42. The molecule has 1 aliphatic rings. The summed E-state index contributed by atoms with van der Waals surface area (Å²) < 4.78 is 11.2. The molecule has 0 aliphatic carbocycles. The normalized spacial score (nSPS) is 14.4. The molecule has 1 aliphatic heterocycles. The predicted octanol–water partition coefficient (Wildman–Crippen LogP) is 5.81.